The van der Waals surface area contributed by atoms with Gasteiger partial charge in [0.1, 0.15) is 5.01 Å². The van der Waals surface area contributed by atoms with Crippen LogP contribution in [0.3, 0.4) is 0 Å². The molecule has 2 heterocycles. The summed E-state index contributed by atoms with van der Waals surface area (Å²) in [6.07, 6.45) is 5.14. The Labute approximate surface area is 126 Å². The molecule has 0 aliphatic rings. The van der Waals surface area contributed by atoms with Gasteiger partial charge in [-0.2, -0.15) is 0 Å². The average Bonchev–Trinajstić information content (AvgIpc) is 3.01. The molecule has 0 fully saturated rings. The molecule has 3 aromatic rings. The summed E-state index contributed by atoms with van der Waals surface area (Å²) < 4.78 is 22.8. The van der Waals surface area contributed by atoms with Crippen LogP contribution in [0.4, 0.5) is 0 Å². The maximum atomic E-state index is 11.4. The summed E-state index contributed by atoms with van der Waals surface area (Å²) in [4.78, 5) is 8.52. The third kappa shape index (κ3) is 2.99. The van der Waals surface area contributed by atoms with Crippen molar-refractivity contribution in [2.75, 3.05) is 0 Å². The van der Waals surface area contributed by atoms with Gasteiger partial charge in [-0.15, -0.1) is 11.3 Å². The summed E-state index contributed by atoms with van der Waals surface area (Å²) in [6.45, 7) is 0. The van der Waals surface area contributed by atoms with Gasteiger partial charge >= 0.3 is 0 Å². The van der Waals surface area contributed by atoms with Gasteiger partial charge in [-0.1, -0.05) is 12.1 Å². The van der Waals surface area contributed by atoms with Crippen molar-refractivity contribution in [1.82, 2.24) is 9.97 Å². The first-order valence-electron chi connectivity index (χ1n) is 6.02. The number of sulfonamides is 1. The zero-order valence-corrected chi connectivity index (χ0v) is 12.4. The van der Waals surface area contributed by atoms with E-state index in [9.17, 15) is 8.42 Å². The molecule has 0 amide bonds. The predicted octanol–water partition coefficient (Wildman–Crippen LogP) is 2.52. The molecule has 106 valence electrons. The van der Waals surface area contributed by atoms with Crippen molar-refractivity contribution in [3.63, 3.8) is 0 Å². The van der Waals surface area contributed by atoms with Crippen LogP contribution in [-0.4, -0.2) is 18.4 Å². The third-order valence-electron chi connectivity index (χ3n) is 2.91. The number of nitrogens with two attached hydrogens (primary N) is 1. The summed E-state index contributed by atoms with van der Waals surface area (Å²) in [5.74, 6) is 0. The molecule has 0 spiro atoms. The van der Waals surface area contributed by atoms with Crippen molar-refractivity contribution >= 4 is 21.4 Å². The van der Waals surface area contributed by atoms with Crippen LogP contribution in [0.5, 0.6) is 0 Å². The summed E-state index contributed by atoms with van der Waals surface area (Å²) in [5, 5.41) is 7.92. The van der Waals surface area contributed by atoms with Crippen LogP contribution in [0.15, 0.2) is 59.2 Å². The van der Waals surface area contributed by atoms with Crippen molar-refractivity contribution in [1.29, 1.82) is 0 Å². The Hall–Kier alpha value is -2.09. The normalized spacial score (nSPS) is 11.5. The molecule has 2 N–H and O–H groups in total. The summed E-state index contributed by atoms with van der Waals surface area (Å²) in [6, 6.07) is 8.41. The first kappa shape index (κ1) is 13.9. The van der Waals surface area contributed by atoms with E-state index in [1.54, 1.807) is 24.7 Å². The fourth-order valence-electron chi connectivity index (χ4n) is 1.93. The van der Waals surface area contributed by atoms with E-state index in [0.29, 0.717) is 0 Å². The van der Waals surface area contributed by atoms with Gasteiger partial charge in [0, 0.05) is 35.1 Å². The molecule has 5 nitrogen and oxygen atoms in total. The quantitative estimate of drug-likeness (QED) is 0.804. The van der Waals surface area contributed by atoms with Gasteiger partial charge in [-0.25, -0.2) is 18.5 Å². The van der Waals surface area contributed by atoms with Gasteiger partial charge in [0.2, 0.25) is 10.0 Å². The molecule has 1 aromatic carbocycles. The molecule has 0 aliphatic carbocycles. The van der Waals surface area contributed by atoms with Crippen LogP contribution >= 0.6 is 11.3 Å². The van der Waals surface area contributed by atoms with E-state index < -0.39 is 10.0 Å². The Morgan fingerprint density at radius 2 is 1.86 bits per heavy atom. The summed E-state index contributed by atoms with van der Waals surface area (Å²) in [7, 11) is -3.72. The maximum Gasteiger partial charge on any atom is 0.238 e. The number of aromatic nitrogens is 2. The smallest absolute Gasteiger partial charge is 0.238 e. The molecule has 2 aromatic heterocycles. The molecule has 7 heteroatoms. The highest BCUT2D eigenvalue weighted by Gasteiger charge is 2.10. The lowest BCUT2D eigenvalue weighted by molar-refractivity contribution is 0.598. The van der Waals surface area contributed by atoms with Crippen LogP contribution in [0.1, 0.15) is 0 Å². The second-order valence-electron chi connectivity index (χ2n) is 4.37. The van der Waals surface area contributed by atoms with E-state index in [2.05, 4.69) is 9.97 Å². The zero-order valence-electron chi connectivity index (χ0n) is 10.8. The maximum absolute atomic E-state index is 11.4. The molecular formula is C14H11N3O2S2. The number of thiazole rings is 1. The monoisotopic (exact) mass is 317 g/mol. The van der Waals surface area contributed by atoms with Gasteiger partial charge < -0.3 is 0 Å². The Kier molecular flexibility index (Phi) is 3.54. The van der Waals surface area contributed by atoms with Gasteiger partial charge in [0.15, 0.2) is 0 Å². The van der Waals surface area contributed by atoms with Crippen molar-refractivity contribution in [3.8, 4) is 21.7 Å². The standard InChI is InChI=1S/C14H11N3O2S2/c15-21(18,19)13-3-1-2-10(7-13)11-6-12(9-16-8-11)14-17-4-5-20-14/h1-9H,(H2,15,18,19). The lowest BCUT2D eigenvalue weighted by atomic mass is 10.1. The lowest BCUT2D eigenvalue weighted by Gasteiger charge is -2.05. The number of rotatable bonds is 3. The van der Waals surface area contributed by atoms with Gasteiger partial charge in [0.25, 0.3) is 0 Å². The minimum Gasteiger partial charge on any atom is -0.263 e. The SMILES string of the molecule is NS(=O)(=O)c1cccc(-c2cncc(-c3nccs3)c2)c1. The van der Waals surface area contributed by atoms with E-state index in [1.807, 2.05) is 17.5 Å². The minimum atomic E-state index is -3.72. The third-order valence-corrected chi connectivity index (χ3v) is 4.65. The van der Waals surface area contributed by atoms with E-state index in [4.69, 9.17) is 5.14 Å². The van der Waals surface area contributed by atoms with Crippen LogP contribution in [0.2, 0.25) is 0 Å². The fraction of sp³-hybridized carbons (Fsp3) is 0. The van der Waals surface area contributed by atoms with Crippen molar-refractivity contribution in [2.24, 2.45) is 5.14 Å². The van der Waals surface area contributed by atoms with Crippen molar-refractivity contribution < 1.29 is 8.42 Å². The average molecular weight is 317 g/mol. The van der Waals surface area contributed by atoms with Crippen LogP contribution < -0.4 is 5.14 Å². The molecule has 0 unspecified atom stereocenters. The topological polar surface area (TPSA) is 85.9 Å². The summed E-state index contributed by atoms with van der Waals surface area (Å²) in [5.41, 5.74) is 2.45. The predicted molar refractivity (Wildman–Crippen MR) is 82.2 cm³/mol. The first-order chi connectivity index (χ1) is 10.0. The first-order valence-corrected chi connectivity index (χ1v) is 8.45. The number of benzene rings is 1. The van der Waals surface area contributed by atoms with Gasteiger partial charge in [-0.3, -0.25) is 4.98 Å². The Morgan fingerprint density at radius 3 is 2.57 bits per heavy atom. The minimum absolute atomic E-state index is 0.0830. The Bertz CT molecular complexity index is 875. The van der Waals surface area contributed by atoms with E-state index in [0.717, 1.165) is 21.7 Å². The molecular weight excluding hydrogens is 306 g/mol. The highest BCUT2D eigenvalue weighted by molar-refractivity contribution is 7.89. The molecule has 21 heavy (non-hydrogen) atoms. The number of hydrogen-bond donors (Lipinski definition) is 1. The van der Waals surface area contributed by atoms with Gasteiger partial charge in [-0.05, 0) is 23.8 Å². The second kappa shape index (κ2) is 5.36. The molecule has 3 rings (SSSR count). The molecule has 0 saturated heterocycles. The highest BCUT2D eigenvalue weighted by atomic mass is 32.2. The van der Waals surface area contributed by atoms with E-state index in [1.165, 1.54) is 23.5 Å². The van der Waals surface area contributed by atoms with E-state index >= 15 is 0 Å². The highest BCUT2D eigenvalue weighted by Crippen LogP contribution is 2.27. The summed E-state index contributed by atoms with van der Waals surface area (Å²) >= 11 is 1.52. The lowest BCUT2D eigenvalue weighted by Crippen LogP contribution is -2.11. The van der Waals surface area contributed by atoms with Crippen molar-refractivity contribution in [2.45, 2.75) is 4.90 Å². The van der Waals surface area contributed by atoms with Gasteiger partial charge in [0.05, 0.1) is 4.90 Å². The fourth-order valence-corrected chi connectivity index (χ4v) is 3.11. The van der Waals surface area contributed by atoms with Crippen LogP contribution in [-0.2, 0) is 10.0 Å². The number of hydrogen-bond acceptors (Lipinski definition) is 5. The van der Waals surface area contributed by atoms with E-state index in [-0.39, 0.29) is 4.90 Å². The molecule has 0 aliphatic heterocycles. The molecule has 0 atom stereocenters. The largest absolute Gasteiger partial charge is 0.263 e. The molecule has 0 radical (unpaired) electrons. The second-order valence-corrected chi connectivity index (χ2v) is 6.83. The number of nitrogens with zero attached hydrogens (tertiary/aromatic N) is 2. The Morgan fingerprint density at radius 1 is 1.05 bits per heavy atom. The van der Waals surface area contributed by atoms with Crippen LogP contribution in [0, 0.1) is 0 Å². The molecule has 0 saturated carbocycles. The van der Waals surface area contributed by atoms with Crippen LogP contribution in [0.25, 0.3) is 21.7 Å². The number of pyridine rings is 1. The molecule has 0 bridgehead atoms. The number of primary sulfonamides is 1. The zero-order chi connectivity index (χ0) is 14.9. The Balaban J connectivity index is 2.07. The van der Waals surface area contributed by atoms with Crippen molar-refractivity contribution in [3.05, 3.63) is 54.3 Å².